The number of amides is 18. The van der Waals surface area contributed by atoms with Gasteiger partial charge in [0.2, 0.25) is 82.7 Å². The molecule has 0 aliphatic carbocycles. The number of aliphatic carboxylic acids is 1. The zero-order valence-electron chi connectivity index (χ0n) is 81.4. The summed E-state index contributed by atoms with van der Waals surface area (Å²) in [6, 6.07) is -2.33. The Morgan fingerprint density at radius 3 is 1.27 bits per heavy atom. The van der Waals surface area contributed by atoms with Gasteiger partial charge in [-0.3, -0.25) is 88.8 Å². The quantitative estimate of drug-likeness (QED) is 0.00848. The maximum absolute atomic E-state index is 16.1. The first-order valence-corrected chi connectivity index (χ1v) is 50.6. The SMILES string of the molecule is CC(=O)N[C@@H](CCCNC(=N)N)C(=O)N[C@@H](CCCNC(=N)N)C(=O)N[C@@H](Cc1cccc2ccccc12)C(=O)N[C@H]1CSSC[C@@H](C(=O)N[C@@H](CCCNC(=N)N)C(=O)O)NC(=O)[C@H](CCCNC(N)=O)NC(=O)[C@H](CCCNC(=N)N)NC(=O)[C@H](Cc2ccc(O)cc2)NC(=O)[C@@H]2CCCN2C(=O)[C@@H](CCCCN)NC(=O)[C@H](CCCCN)NC(=O)[C@H](CCCNC(N)=O)NC(=O)[C@H](Cc2ccc(O)cc2)NC1=O. The van der Waals surface area contributed by atoms with E-state index in [1.54, 1.807) is 42.5 Å². The zero-order valence-corrected chi connectivity index (χ0v) is 83.1. The third kappa shape index (κ3) is 44.1. The van der Waals surface area contributed by atoms with Gasteiger partial charge in [0.25, 0.3) is 0 Å². The Hall–Kier alpha value is -15.0. The van der Waals surface area contributed by atoms with Crippen molar-refractivity contribution in [3.63, 3.8) is 0 Å². The number of carboxylic acids is 1. The number of phenolic OH excluding ortho intramolecular Hbond substituents is 2. The average molecular weight is 2080 g/mol. The Morgan fingerprint density at radius 1 is 0.418 bits per heavy atom. The smallest absolute Gasteiger partial charge is 0.326 e. The van der Waals surface area contributed by atoms with E-state index in [0.717, 1.165) is 6.92 Å². The molecule has 0 bridgehead atoms. The fourth-order valence-corrected chi connectivity index (χ4v) is 18.3. The average Bonchev–Trinajstić information content (AvgIpc) is 1.61. The van der Waals surface area contributed by atoms with Gasteiger partial charge in [0.15, 0.2) is 23.8 Å². The molecule has 54 heteroatoms. The first-order chi connectivity index (χ1) is 69.6. The lowest BCUT2D eigenvalue weighted by Crippen LogP contribution is -2.61. The molecule has 0 spiro atoms. The molecular formula is C92H142N32O20S2. The van der Waals surface area contributed by atoms with E-state index in [2.05, 4.69) is 101 Å². The number of guanidine groups is 4. The molecule has 6 rings (SSSR count). The van der Waals surface area contributed by atoms with Crippen LogP contribution in [-0.4, -0.2) is 300 Å². The number of nitrogens with one attached hydrogen (secondary N) is 23. The van der Waals surface area contributed by atoms with E-state index in [0.29, 0.717) is 56.3 Å². The van der Waals surface area contributed by atoms with Gasteiger partial charge in [0.05, 0.1) is 0 Å². The number of primary amides is 2. The number of carbonyl (C=O) groups excluding carboxylic acids is 16. The normalized spacial score (nSPS) is 20.0. The maximum Gasteiger partial charge on any atom is 0.326 e. The number of nitrogens with two attached hydrogens (primary N) is 8. The molecule has 146 heavy (non-hydrogen) atoms. The van der Waals surface area contributed by atoms with E-state index >= 15 is 57.5 Å². The van der Waals surface area contributed by atoms with Gasteiger partial charge in [0.1, 0.15) is 96.1 Å². The molecule has 4 aromatic carbocycles. The van der Waals surface area contributed by atoms with Gasteiger partial charge in [-0.05, 0) is 193 Å². The second-order valence-corrected chi connectivity index (χ2v) is 37.6. The summed E-state index contributed by atoms with van der Waals surface area (Å²) in [6.07, 6.45) is -2.13. The van der Waals surface area contributed by atoms with E-state index < -0.39 is 234 Å². The predicted molar refractivity (Wildman–Crippen MR) is 545 cm³/mol. The van der Waals surface area contributed by atoms with Crippen LogP contribution >= 0.6 is 21.6 Å². The summed E-state index contributed by atoms with van der Waals surface area (Å²) >= 11 is 0. The highest BCUT2D eigenvalue weighted by molar-refractivity contribution is 8.76. The van der Waals surface area contributed by atoms with Crippen LogP contribution in [0.15, 0.2) is 91.0 Å². The van der Waals surface area contributed by atoms with Gasteiger partial charge in [0, 0.05) is 83.5 Å². The monoisotopic (exact) mass is 2080 g/mol. The van der Waals surface area contributed by atoms with Crippen LogP contribution in [0.5, 0.6) is 11.5 Å². The molecule has 2 aliphatic rings. The molecule has 2 heterocycles. The Morgan fingerprint density at radius 2 is 0.808 bits per heavy atom. The van der Waals surface area contributed by atoms with Gasteiger partial charge in [-0.1, -0.05) is 88.3 Å². The summed E-state index contributed by atoms with van der Waals surface area (Å²) in [5.41, 5.74) is 46.3. The number of carbonyl (C=O) groups is 17. The molecule has 0 saturated carbocycles. The van der Waals surface area contributed by atoms with Gasteiger partial charge in [-0.2, -0.15) is 0 Å². The summed E-state index contributed by atoms with van der Waals surface area (Å²) in [6.45, 7) is 0.787. The van der Waals surface area contributed by atoms with E-state index in [4.69, 9.17) is 67.5 Å². The topological polar surface area (TPSA) is 886 Å². The second-order valence-electron chi connectivity index (χ2n) is 35.0. The van der Waals surface area contributed by atoms with E-state index in [9.17, 15) is 39.3 Å². The summed E-state index contributed by atoms with van der Waals surface area (Å²) < 4.78 is 0. The minimum atomic E-state index is -1.95. The number of benzene rings is 4. The van der Waals surface area contributed by atoms with E-state index in [-0.39, 0.29) is 197 Å². The predicted octanol–water partition coefficient (Wildman–Crippen LogP) is -5.72. The van der Waals surface area contributed by atoms with Crippen molar-refractivity contribution in [2.75, 3.05) is 70.4 Å². The number of hydrogen-bond donors (Lipinski definition) is 34. The van der Waals surface area contributed by atoms with Crippen LogP contribution in [0, 0.1) is 21.6 Å². The molecule has 2 fully saturated rings. The molecule has 802 valence electrons. The lowest BCUT2D eigenvalue weighted by Gasteiger charge is -2.31. The van der Waals surface area contributed by atoms with Crippen molar-refractivity contribution >= 4 is 157 Å². The highest BCUT2D eigenvalue weighted by Gasteiger charge is 2.43. The second kappa shape index (κ2) is 63.9. The Kier molecular flexibility index (Phi) is 52.4. The maximum atomic E-state index is 16.1. The van der Waals surface area contributed by atoms with Crippen molar-refractivity contribution in [2.45, 2.75) is 239 Å². The van der Waals surface area contributed by atoms with Crippen molar-refractivity contribution in [2.24, 2.45) is 45.9 Å². The third-order valence-corrected chi connectivity index (χ3v) is 25.9. The number of phenols is 2. The van der Waals surface area contributed by atoms with E-state index in [1.165, 1.54) is 53.4 Å². The highest BCUT2D eigenvalue weighted by Crippen LogP contribution is 2.27. The summed E-state index contributed by atoms with van der Waals surface area (Å²) in [5.74, 6) is -19.1. The number of urea groups is 2. The van der Waals surface area contributed by atoms with E-state index in [1.807, 2.05) is 0 Å². The van der Waals surface area contributed by atoms with Crippen LogP contribution in [0.2, 0.25) is 0 Å². The molecule has 0 aromatic heterocycles. The van der Waals surface area contributed by atoms with Crippen molar-refractivity contribution in [3.05, 3.63) is 108 Å². The first kappa shape index (κ1) is 120. The fourth-order valence-electron chi connectivity index (χ4n) is 15.9. The highest BCUT2D eigenvalue weighted by atomic mass is 33.1. The van der Waals surface area contributed by atoms with Crippen LogP contribution < -0.4 is 147 Å². The lowest BCUT2D eigenvalue weighted by atomic mass is 9.97. The molecule has 0 radical (unpaired) electrons. The van der Waals surface area contributed by atoms with Crippen molar-refractivity contribution in [1.29, 1.82) is 21.6 Å². The molecule has 4 aromatic rings. The van der Waals surface area contributed by atoms with Crippen molar-refractivity contribution in [3.8, 4) is 11.5 Å². The number of carboxylic acid groups (broad SMARTS) is 1. The van der Waals surface area contributed by atoms with Crippen molar-refractivity contribution < 1.29 is 96.8 Å². The molecule has 18 amide bonds. The van der Waals surface area contributed by atoms with Crippen LogP contribution in [0.3, 0.4) is 0 Å². The van der Waals surface area contributed by atoms with Crippen LogP contribution in [-0.2, 0) is 91.2 Å². The number of rotatable bonds is 48. The minimum absolute atomic E-state index is 0.000188. The van der Waals surface area contributed by atoms with Crippen LogP contribution in [0.25, 0.3) is 10.8 Å². The number of unbranched alkanes of at least 4 members (excludes halogenated alkanes) is 2. The van der Waals surface area contributed by atoms with Crippen molar-refractivity contribution in [1.82, 2.24) is 106 Å². The largest absolute Gasteiger partial charge is 0.508 e. The number of hydrogen-bond acceptors (Lipinski definition) is 27. The standard InChI is InChI=1S/C92H142N32O20S2/c1-51(125)111-59(22-9-39-105-87(95)96)73(128)113-63(24-11-41-107-89(99)100)77(132)120-69(48-55-18-8-17-54-16-2-3-19-58(54)55)81(136)123-71-50-146-145-49-70(82(137)118-66(86(141)142)27-14-42-108-90(101)102)122-78(133)64(26-13-44-110-92(104)144)114-75(130)61(23-10-40-106-88(97)98)116-80(135)68(47-53-31-35-57(127)36-32-53)121-84(139)72-28-15-45-124(72)85(140)65(21-5-7-38-94)117-76(131)60(20-4-6-37-93)112-74(129)62(25-12-43-109-91(103)143)115-79(134)67(119-83(71)138)46-52-29-33-56(126)34-30-52/h2-3,8,16-19,29-36,59-72,126-127H,4-7,9-15,20-28,37-50,93-94H2,1H3,(H,111,125)(H,112,129)(H,113,128)(H,114,130)(H,115,134)(H,116,135)(H,117,131)(H,118,137)(H,119,138)(H,120,132)(H,121,139)(H,122,133)(H,123,136)(H,141,142)(H4,95,96,105)(H4,97,98,106)(H4,99,100,107)(H4,101,102,108)(H3,103,109,143)(H3,104,110,144)/t59-,60-,61-,62-,63-,64-,65+,66-,67-,68-,69-,70-,71-,72-/m0/s1. The van der Waals surface area contributed by atoms with Gasteiger partial charge < -0.3 is 167 Å². The summed E-state index contributed by atoms with van der Waals surface area (Å²) in [5, 5.41) is 114. The Bertz CT molecular complexity index is 5110. The summed E-state index contributed by atoms with van der Waals surface area (Å²) in [7, 11) is 1.43. The molecular weight excluding hydrogens is 1940 g/mol. The minimum Gasteiger partial charge on any atom is -0.508 e. The molecule has 42 N–H and O–H groups in total. The number of fused-ring (bicyclic) bond motifs is 2. The molecule has 14 atom stereocenters. The Balaban J connectivity index is 1.63. The van der Waals surface area contributed by atoms with Gasteiger partial charge in [-0.25, -0.2) is 14.4 Å². The van der Waals surface area contributed by atoms with Gasteiger partial charge >= 0.3 is 18.0 Å². The molecule has 2 aliphatic heterocycles. The number of aromatic hydroxyl groups is 2. The first-order valence-electron chi connectivity index (χ1n) is 48.1. The van der Waals surface area contributed by atoms with Gasteiger partial charge in [-0.15, -0.1) is 0 Å². The summed E-state index contributed by atoms with van der Waals surface area (Å²) in [4.78, 5) is 252. The molecule has 52 nitrogen and oxygen atoms in total. The zero-order chi connectivity index (χ0) is 107. The fraction of sp³-hybridized carbons (Fsp3) is 0.533. The van der Waals surface area contributed by atoms with Crippen LogP contribution in [0.4, 0.5) is 9.59 Å². The number of nitrogens with zero attached hydrogens (tertiary/aromatic N) is 1. The molecule has 0 unspecified atom stereocenters. The Labute approximate surface area is 851 Å². The lowest BCUT2D eigenvalue weighted by molar-refractivity contribution is -0.142. The molecule has 2 saturated heterocycles. The van der Waals surface area contributed by atoms with Crippen LogP contribution in [0.1, 0.15) is 152 Å². The third-order valence-electron chi connectivity index (χ3n) is 23.5.